The third kappa shape index (κ3) is 4.64. The van der Waals surface area contributed by atoms with Gasteiger partial charge in [-0.1, -0.05) is 19.1 Å². The fourth-order valence-corrected chi connectivity index (χ4v) is 1.93. The SMILES string of the molecule is CCC(=O)Nc1ccc(C(=O)OCc2cccc([N+](=O)[O-])c2)cc1. The second kappa shape index (κ2) is 7.87. The van der Waals surface area contributed by atoms with E-state index in [1.165, 1.54) is 18.2 Å². The Morgan fingerprint density at radius 3 is 2.50 bits per heavy atom. The smallest absolute Gasteiger partial charge is 0.338 e. The second-order valence-electron chi connectivity index (χ2n) is 4.98. The number of hydrogen-bond donors (Lipinski definition) is 1. The molecule has 0 atom stereocenters. The van der Waals surface area contributed by atoms with E-state index in [2.05, 4.69) is 5.32 Å². The highest BCUT2D eigenvalue weighted by molar-refractivity contribution is 5.92. The Hall–Kier alpha value is -3.22. The van der Waals surface area contributed by atoms with Gasteiger partial charge in [0.25, 0.3) is 5.69 Å². The third-order valence-electron chi connectivity index (χ3n) is 3.22. The van der Waals surface area contributed by atoms with Crippen molar-refractivity contribution >= 4 is 23.3 Å². The Labute approximate surface area is 138 Å². The van der Waals surface area contributed by atoms with Crippen LogP contribution < -0.4 is 5.32 Å². The van der Waals surface area contributed by atoms with Crippen molar-refractivity contribution < 1.29 is 19.2 Å². The van der Waals surface area contributed by atoms with Gasteiger partial charge in [-0.25, -0.2) is 4.79 Å². The summed E-state index contributed by atoms with van der Waals surface area (Å²) in [5, 5.41) is 13.4. The number of hydrogen-bond acceptors (Lipinski definition) is 5. The van der Waals surface area contributed by atoms with Crippen LogP contribution in [-0.2, 0) is 16.1 Å². The van der Waals surface area contributed by atoms with Crippen LogP contribution in [0.15, 0.2) is 48.5 Å². The molecule has 0 bridgehead atoms. The van der Waals surface area contributed by atoms with E-state index in [1.807, 2.05) is 0 Å². The molecule has 124 valence electrons. The fraction of sp³-hybridized carbons (Fsp3) is 0.176. The highest BCUT2D eigenvalue weighted by atomic mass is 16.6. The summed E-state index contributed by atoms with van der Waals surface area (Å²) in [6, 6.07) is 12.2. The fourth-order valence-electron chi connectivity index (χ4n) is 1.93. The summed E-state index contributed by atoms with van der Waals surface area (Å²) in [6.45, 7) is 1.68. The van der Waals surface area contributed by atoms with E-state index in [0.29, 0.717) is 23.2 Å². The summed E-state index contributed by atoms with van der Waals surface area (Å²) in [4.78, 5) is 33.5. The Kier molecular flexibility index (Phi) is 5.62. The predicted molar refractivity (Wildman–Crippen MR) is 87.6 cm³/mol. The minimum Gasteiger partial charge on any atom is -0.457 e. The minimum atomic E-state index is -0.546. The molecule has 0 heterocycles. The number of nitrogens with zero attached hydrogens (tertiary/aromatic N) is 1. The lowest BCUT2D eigenvalue weighted by molar-refractivity contribution is -0.384. The van der Waals surface area contributed by atoms with Gasteiger partial charge >= 0.3 is 5.97 Å². The zero-order valence-corrected chi connectivity index (χ0v) is 13.0. The standard InChI is InChI=1S/C17H16N2O5/c1-2-16(20)18-14-8-6-13(7-9-14)17(21)24-11-12-4-3-5-15(10-12)19(22)23/h3-10H,2,11H2,1H3,(H,18,20). The monoisotopic (exact) mass is 328 g/mol. The average molecular weight is 328 g/mol. The van der Waals surface area contributed by atoms with E-state index in [9.17, 15) is 19.7 Å². The Bertz CT molecular complexity index is 756. The zero-order valence-electron chi connectivity index (χ0n) is 13.0. The molecule has 1 N–H and O–H groups in total. The summed E-state index contributed by atoms with van der Waals surface area (Å²) in [5.41, 5.74) is 1.40. The van der Waals surface area contributed by atoms with Crippen molar-refractivity contribution in [2.75, 3.05) is 5.32 Å². The van der Waals surface area contributed by atoms with Crippen molar-refractivity contribution in [3.8, 4) is 0 Å². The number of anilines is 1. The number of benzene rings is 2. The number of esters is 1. The maximum absolute atomic E-state index is 12.0. The number of amides is 1. The van der Waals surface area contributed by atoms with E-state index < -0.39 is 10.9 Å². The van der Waals surface area contributed by atoms with E-state index >= 15 is 0 Å². The quantitative estimate of drug-likeness (QED) is 0.498. The number of ether oxygens (including phenoxy) is 1. The van der Waals surface area contributed by atoms with Crippen molar-refractivity contribution in [3.63, 3.8) is 0 Å². The predicted octanol–water partition coefficient (Wildman–Crippen LogP) is 3.30. The highest BCUT2D eigenvalue weighted by Gasteiger charge is 2.10. The van der Waals surface area contributed by atoms with Crippen LogP contribution in [0.5, 0.6) is 0 Å². The number of carbonyl (C=O) groups is 2. The lowest BCUT2D eigenvalue weighted by Gasteiger charge is -2.07. The van der Waals surface area contributed by atoms with Crippen LogP contribution >= 0.6 is 0 Å². The number of carbonyl (C=O) groups excluding carboxylic acids is 2. The molecule has 0 aromatic heterocycles. The van der Waals surface area contributed by atoms with Crippen molar-refractivity contribution in [3.05, 3.63) is 69.8 Å². The van der Waals surface area contributed by atoms with Gasteiger partial charge in [-0.3, -0.25) is 14.9 Å². The van der Waals surface area contributed by atoms with Crippen LogP contribution in [0, 0.1) is 10.1 Å². The molecule has 0 fully saturated rings. The number of nitro benzene ring substituents is 1. The van der Waals surface area contributed by atoms with Crippen LogP contribution in [0.2, 0.25) is 0 Å². The van der Waals surface area contributed by atoms with Gasteiger partial charge in [-0.05, 0) is 29.8 Å². The summed E-state index contributed by atoms with van der Waals surface area (Å²) >= 11 is 0. The number of nitro groups is 1. The van der Waals surface area contributed by atoms with Crippen molar-refractivity contribution in [2.24, 2.45) is 0 Å². The third-order valence-corrected chi connectivity index (χ3v) is 3.22. The van der Waals surface area contributed by atoms with Gasteiger partial charge in [0.05, 0.1) is 10.5 Å². The molecule has 2 aromatic rings. The maximum atomic E-state index is 12.0. The molecule has 24 heavy (non-hydrogen) atoms. The second-order valence-corrected chi connectivity index (χ2v) is 4.98. The van der Waals surface area contributed by atoms with Gasteiger partial charge in [-0.2, -0.15) is 0 Å². The van der Waals surface area contributed by atoms with Crippen molar-refractivity contribution in [2.45, 2.75) is 20.0 Å². The highest BCUT2D eigenvalue weighted by Crippen LogP contribution is 2.15. The van der Waals surface area contributed by atoms with Gasteiger partial charge in [0.2, 0.25) is 5.91 Å². The molecular weight excluding hydrogens is 312 g/mol. The molecule has 0 saturated carbocycles. The molecule has 2 aromatic carbocycles. The van der Waals surface area contributed by atoms with E-state index in [0.717, 1.165) is 0 Å². The molecule has 1 amide bonds. The molecule has 0 spiro atoms. The van der Waals surface area contributed by atoms with Crippen LogP contribution in [0.4, 0.5) is 11.4 Å². The number of non-ortho nitro benzene ring substituents is 1. The average Bonchev–Trinajstić information content (AvgIpc) is 2.60. The van der Waals surface area contributed by atoms with E-state index in [-0.39, 0.29) is 18.2 Å². The normalized spacial score (nSPS) is 10.0. The number of rotatable bonds is 6. The van der Waals surface area contributed by atoms with Crippen molar-refractivity contribution in [1.82, 2.24) is 0 Å². The van der Waals surface area contributed by atoms with Gasteiger partial charge in [-0.15, -0.1) is 0 Å². The number of nitrogens with one attached hydrogen (secondary N) is 1. The van der Waals surface area contributed by atoms with Crippen molar-refractivity contribution in [1.29, 1.82) is 0 Å². The Balaban J connectivity index is 1.96. The van der Waals surface area contributed by atoms with Crippen LogP contribution in [-0.4, -0.2) is 16.8 Å². The van der Waals surface area contributed by atoms with Crippen LogP contribution in [0.1, 0.15) is 29.3 Å². The summed E-state index contributed by atoms with van der Waals surface area (Å²) in [5.74, 6) is -0.661. The summed E-state index contributed by atoms with van der Waals surface area (Å²) in [6.07, 6.45) is 0.368. The van der Waals surface area contributed by atoms with Crippen LogP contribution in [0.3, 0.4) is 0 Å². The molecule has 0 unspecified atom stereocenters. The lowest BCUT2D eigenvalue weighted by Crippen LogP contribution is -2.10. The zero-order chi connectivity index (χ0) is 17.5. The maximum Gasteiger partial charge on any atom is 0.338 e. The summed E-state index contributed by atoms with van der Waals surface area (Å²) in [7, 11) is 0. The Morgan fingerprint density at radius 1 is 1.17 bits per heavy atom. The largest absolute Gasteiger partial charge is 0.457 e. The van der Waals surface area contributed by atoms with Gasteiger partial charge in [0.15, 0.2) is 0 Å². The molecule has 0 aliphatic carbocycles. The molecule has 0 aliphatic rings. The molecule has 7 heteroatoms. The molecular formula is C17H16N2O5. The Morgan fingerprint density at radius 2 is 1.88 bits per heavy atom. The first-order valence-corrected chi connectivity index (χ1v) is 7.30. The van der Waals surface area contributed by atoms with E-state index in [4.69, 9.17) is 4.74 Å². The van der Waals surface area contributed by atoms with Gasteiger partial charge in [0.1, 0.15) is 6.61 Å². The lowest BCUT2D eigenvalue weighted by atomic mass is 10.2. The molecule has 7 nitrogen and oxygen atoms in total. The minimum absolute atomic E-state index is 0.0560. The summed E-state index contributed by atoms with van der Waals surface area (Å²) < 4.78 is 5.14. The first-order valence-electron chi connectivity index (χ1n) is 7.30. The molecule has 0 saturated heterocycles. The molecule has 0 radical (unpaired) electrons. The van der Waals surface area contributed by atoms with Gasteiger partial charge in [0, 0.05) is 24.2 Å². The first kappa shape index (κ1) is 17.1. The molecule has 2 rings (SSSR count). The topological polar surface area (TPSA) is 98.5 Å². The van der Waals surface area contributed by atoms with Gasteiger partial charge < -0.3 is 10.1 Å². The molecule has 0 aliphatic heterocycles. The first-order chi connectivity index (χ1) is 11.5. The van der Waals surface area contributed by atoms with E-state index in [1.54, 1.807) is 37.3 Å². The van der Waals surface area contributed by atoms with Crippen LogP contribution in [0.25, 0.3) is 0 Å².